The summed E-state index contributed by atoms with van der Waals surface area (Å²) >= 11 is 1.22. The number of methoxy groups -OCH3 is 1. The van der Waals surface area contributed by atoms with Crippen molar-refractivity contribution in [3.63, 3.8) is 0 Å². The van der Waals surface area contributed by atoms with E-state index >= 15 is 0 Å². The van der Waals surface area contributed by atoms with E-state index in [2.05, 4.69) is 10.3 Å². The molecule has 31 heavy (non-hydrogen) atoms. The van der Waals surface area contributed by atoms with E-state index in [1.807, 2.05) is 12.1 Å². The van der Waals surface area contributed by atoms with Gasteiger partial charge in [0.2, 0.25) is 11.8 Å². The lowest BCUT2D eigenvalue weighted by atomic mass is 10.1. The summed E-state index contributed by atoms with van der Waals surface area (Å²) in [6.07, 6.45) is 0.0903. The number of amides is 2. The van der Waals surface area contributed by atoms with Crippen LogP contribution in [0.5, 0.6) is 5.75 Å². The Kier molecular flexibility index (Phi) is 5.63. The van der Waals surface area contributed by atoms with Crippen molar-refractivity contribution in [2.75, 3.05) is 23.9 Å². The molecule has 2 amide bonds. The minimum atomic E-state index is -0.525. The van der Waals surface area contributed by atoms with Crippen LogP contribution in [0.25, 0.3) is 11.3 Å². The molecule has 0 spiro atoms. The molecule has 1 N–H and O–H groups in total. The van der Waals surface area contributed by atoms with Gasteiger partial charge in [0.25, 0.3) is 5.69 Å². The highest BCUT2D eigenvalue weighted by atomic mass is 32.1. The van der Waals surface area contributed by atoms with Crippen LogP contribution in [0.15, 0.2) is 53.9 Å². The fraction of sp³-hybridized carbons (Fsp3) is 0.190. The van der Waals surface area contributed by atoms with Crippen LogP contribution in [-0.4, -0.2) is 35.4 Å². The number of anilines is 2. The van der Waals surface area contributed by atoms with Gasteiger partial charge in [-0.1, -0.05) is 24.3 Å². The molecule has 10 heteroatoms. The number of rotatable bonds is 6. The van der Waals surface area contributed by atoms with Gasteiger partial charge in [-0.15, -0.1) is 11.3 Å². The van der Waals surface area contributed by atoms with Crippen LogP contribution in [0.2, 0.25) is 0 Å². The minimum absolute atomic E-state index is 0.0306. The van der Waals surface area contributed by atoms with Crippen LogP contribution in [-0.2, 0) is 9.59 Å². The molecule has 1 aromatic heterocycles. The third-order valence-corrected chi connectivity index (χ3v) is 5.72. The molecule has 1 fully saturated rings. The molecule has 2 aromatic carbocycles. The van der Waals surface area contributed by atoms with Crippen LogP contribution >= 0.6 is 11.3 Å². The van der Waals surface area contributed by atoms with Crippen LogP contribution < -0.4 is 15.0 Å². The zero-order valence-corrected chi connectivity index (χ0v) is 17.3. The maximum atomic E-state index is 12.7. The van der Waals surface area contributed by atoms with Crippen LogP contribution in [0.1, 0.15) is 6.42 Å². The first-order valence-electron chi connectivity index (χ1n) is 9.41. The largest absolute Gasteiger partial charge is 0.495 e. The van der Waals surface area contributed by atoms with Crippen molar-refractivity contribution < 1.29 is 19.2 Å². The normalized spacial score (nSPS) is 15.7. The quantitative estimate of drug-likeness (QED) is 0.463. The highest BCUT2D eigenvalue weighted by Gasteiger charge is 2.36. The molecular weight excluding hydrogens is 420 g/mol. The molecule has 9 nitrogen and oxygen atoms in total. The minimum Gasteiger partial charge on any atom is -0.495 e. The molecule has 1 unspecified atom stereocenters. The second kappa shape index (κ2) is 8.52. The number of non-ortho nitro benzene ring substituents is 1. The molecule has 4 rings (SSSR count). The van der Waals surface area contributed by atoms with Gasteiger partial charge >= 0.3 is 0 Å². The summed E-state index contributed by atoms with van der Waals surface area (Å²) in [6.45, 7) is 0.244. The standard InChI is InChI=1S/C21H18N4O5S/c1-30-18-8-3-2-7-17(18)24-11-14(10-19(24)26)20(27)23-21-22-16(12-31-21)13-5-4-6-15(9-13)25(28)29/h2-9,12,14H,10-11H2,1H3,(H,22,23,27). The zero-order valence-electron chi connectivity index (χ0n) is 16.5. The number of nitrogens with zero attached hydrogens (tertiary/aromatic N) is 3. The van der Waals surface area contributed by atoms with E-state index in [4.69, 9.17) is 4.74 Å². The van der Waals surface area contributed by atoms with Crippen molar-refractivity contribution in [3.05, 3.63) is 64.0 Å². The number of thiazole rings is 1. The van der Waals surface area contributed by atoms with Crippen LogP contribution in [0, 0.1) is 16.0 Å². The molecule has 0 aliphatic carbocycles. The van der Waals surface area contributed by atoms with E-state index < -0.39 is 10.8 Å². The summed E-state index contributed by atoms with van der Waals surface area (Å²) in [7, 11) is 1.53. The van der Waals surface area contributed by atoms with Crippen LogP contribution in [0.3, 0.4) is 0 Å². The highest BCUT2D eigenvalue weighted by molar-refractivity contribution is 7.14. The fourth-order valence-corrected chi connectivity index (χ4v) is 4.14. The maximum Gasteiger partial charge on any atom is 0.270 e. The molecule has 1 saturated heterocycles. The fourth-order valence-electron chi connectivity index (χ4n) is 3.42. The number of para-hydroxylation sites is 2. The van der Waals surface area contributed by atoms with E-state index in [0.29, 0.717) is 27.8 Å². The van der Waals surface area contributed by atoms with Gasteiger partial charge in [-0.3, -0.25) is 19.7 Å². The van der Waals surface area contributed by atoms with E-state index in [9.17, 15) is 19.7 Å². The maximum absolute atomic E-state index is 12.7. The molecular formula is C21H18N4O5S. The SMILES string of the molecule is COc1ccccc1N1CC(C(=O)Nc2nc(-c3cccc([N+](=O)[O-])c3)cs2)CC1=O. The Balaban J connectivity index is 1.45. The summed E-state index contributed by atoms with van der Waals surface area (Å²) in [5, 5.41) is 15.8. The molecule has 1 aliphatic rings. The van der Waals surface area contributed by atoms with Gasteiger partial charge in [-0.25, -0.2) is 4.98 Å². The van der Waals surface area contributed by atoms with E-state index in [-0.39, 0.29) is 30.5 Å². The number of nitro benzene ring substituents is 1. The van der Waals surface area contributed by atoms with E-state index in [1.165, 1.54) is 30.6 Å². The van der Waals surface area contributed by atoms with Crippen molar-refractivity contribution in [1.82, 2.24) is 4.98 Å². The van der Waals surface area contributed by atoms with Crippen LogP contribution in [0.4, 0.5) is 16.5 Å². The molecule has 1 atom stereocenters. The van der Waals surface area contributed by atoms with Gasteiger partial charge in [0.05, 0.1) is 29.3 Å². The first-order chi connectivity index (χ1) is 15.0. The number of benzene rings is 2. The average molecular weight is 438 g/mol. The van der Waals surface area contributed by atoms with Gasteiger partial charge in [-0.05, 0) is 12.1 Å². The lowest BCUT2D eigenvalue weighted by Crippen LogP contribution is -2.28. The molecule has 0 saturated carbocycles. The van der Waals surface area contributed by atoms with E-state index in [1.54, 1.807) is 34.5 Å². The van der Waals surface area contributed by atoms with Gasteiger partial charge in [0.1, 0.15) is 5.75 Å². The molecule has 0 bridgehead atoms. The van der Waals surface area contributed by atoms with Crippen molar-refractivity contribution in [2.45, 2.75) is 6.42 Å². The monoisotopic (exact) mass is 438 g/mol. The number of ether oxygens (including phenoxy) is 1. The lowest BCUT2D eigenvalue weighted by molar-refractivity contribution is -0.384. The smallest absolute Gasteiger partial charge is 0.270 e. The summed E-state index contributed by atoms with van der Waals surface area (Å²) in [5.41, 5.74) is 1.72. The number of hydrogen-bond donors (Lipinski definition) is 1. The van der Waals surface area contributed by atoms with Gasteiger partial charge in [0.15, 0.2) is 5.13 Å². The first-order valence-corrected chi connectivity index (χ1v) is 10.3. The van der Waals surface area contributed by atoms with Gasteiger partial charge < -0.3 is 15.0 Å². The number of aromatic nitrogens is 1. The molecule has 0 radical (unpaired) electrons. The third-order valence-electron chi connectivity index (χ3n) is 4.96. The van der Waals surface area contributed by atoms with Crippen molar-refractivity contribution in [3.8, 4) is 17.0 Å². The molecule has 1 aliphatic heterocycles. The van der Waals surface area contributed by atoms with Gasteiger partial charge in [0, 0.05) is 36.0 Å². The number of hydrogen-bond acceptors (Lipinski definition) is 7. The topological polar surface area (TPSA) is 115 Å². The summed E-state index contributed by atoms with van der Waals surface area (Å²) in [5.74, 6) is -0.409. The number of carbonyl (C=O) groups is 2. The van der Waals surface area contributed by atoms with Crippen molar-refractivity contribution in [1.29, 1.82) is 0 Å². The zero-order chi connectivity index (χ0) is 22.0. The molecule has 3 aromatic rings. The van der Waals surface area contributed by atoms with Crippen molar-refractivity contribution >= 4 is 39.7 Å². The second-order valence-corrected chi connectivity index (χ2v) is 7.77. The first kappa shape index (κ1) is 20.5. The summed E-state index contributed by atoms with van der Waals surface area (Å²) in [4.78, 5) is 41.7. The Bertz CT molecular complexity index is 1160. The third kappa shape index (κ3) is 4.24. The highest BCUT2D eigenvalue weighted by Crippen LogP contribution is 2.33. The average Bonchev–Trinajstić information content (AvgIpc) is 3.40. The number of carbonyl (C=O) groups excluding carboxylic acids is 2. The lowest BCUT2D eigenvalue weighted by Gasteiger charge is -2.19. The van der Waals surface area contributed by atoms with Crippen molar-refractivity contribution in [2.24, 2.45) is 5.92 Å². The molecule has 158 valence electrons. The van der Waals surface area contributed by atoms with E-state index in [0.717, 1.165) is 0 Å². The predicted octanol–water partition coefficient (Wildman–Crippen LogP) is 3.72. The Morgan fingerprint density at radius 3 is 2.87 bits per heavy atom. The van der Waals surface area contributed by atoms with Gasteiger partial charge in [-0.2, -0.15) is 0 Å². The summed E-state index contributed by atoms with van der Waals surface area (Å²) in [6, 6.07) is 13.3. The Labute approximate surface area is 181 Å². The number of nitrogens with one attached hydrogen (secondary N) is 1. The Morgan fingerprint density at radius 1 is 1.29 bits per heavy atom. The predicted molar refractivity (Wildman–Crippen MR) is 116 cm³/mol. The Morgan fingerprint density at radius 2 is 2.10 bits per heavy atom. The second-order valence-electron chi connectivity index (χ2n) is 6.91. The number of nitro groups is 1. The Hall–Kier alpha value is -3.79. The molecule has 2 heterocycles. The summed E-state index contributed by atoms with van der Waals surface area (Å²) < 4.78 is 5.32.